The molecule has 2 heterocycles. The first-order chi connectivity index (χ1) is 13.6. The van der Waals surface area contributed by atoms with Crippen molar-refractivity contribution in [2.24, 2.45) is 7.05 Å². The molecular weight excluding hydrogens is 354 g/mol. The van der Waals surface area contributed by atoms with Gasteiger partial charge in [-0.15, -0.1) is 0 Å². The zero-order valence-corrected chi connectivity index (χ0v) is 16.3. The first kappa shape index (κ1) is 18.1. The molecule has 0 saturated carbocycles. The molecule has 0 fully saturated rings. The van der Waals surface area contributed by atoms with Crippen LogP contribution in [0.4, 0.5) is 0 Å². The van der Waals surface area contributed by atoms with E-state index in [1.807, 2.05) is 36.5 Å². The van der Waals surface area contributed by atoms with Gasteiger partial charge in [-0.3, -0.25) is 9.48 Å². The average Bonchev–Trinajstić information content (AvgIpc) is 3.18. The molecule has 2 aromatic carbocycles. The Kier molecular flexibility index (Phi) is 4.77. The molecule has 0 saturated heterocycles. The van der Waals surface area contributed by atoms with Gasteiger partial charge in [0.25, 0.3) is 5.91 Å². The molecule has 0 bridgehead atoms. The fourth-order valence-corrected chi connectivity index (χ4v) is 3.78. The third-order valence-corrected chi connectivity index (χ3v) is 5.21. The lowest BCUT2D eigenvalue weighted by molar-refractivity contribution is 0.0724. The lowest BCUT2D eigenvalue weighted by Gasteiger charge is -2.34. The molecule has 0 radical (unpaired) electrons. The lowest BCUT2D eigenvalue weighted by atomic mass is 9.86. The predicted molar refractivity (Wildman–Crippen MR) is 106 cm³/mol. The number of aryl methyl sites for hydroxylation is 1. The van der Waals surface area contributed by atoms with E-state index in [2.05, 4.69) is 17.2 Å². The summed E-state index contributed by atoms with van der Waals surface area (Å²) in [5, 5.41) is 4.32. The van der Waals surface area contributed by atoms with Gasteiger partial charge >= 0.3 is 0 Å². The van der Waals surface area contributed by atoms with Gasteiger partial charge in [-0.1, -0.05) is 24.3 Å². The van der Waals surface area contributed by atoms with Crippen molar-refractivity contribution in [2.75, 3.05) is 20.8 Å². The smallest absolute Gasteiger partial charge is 0.254 e. The topological polar surface area (TPSA) is 56.6 Å². The monoisotopic (exact) mass is 377 g/mol. The highest BCUT2D eigenvalue weighted by Gasteiger charge is 2.30. The quantitative estimate of drug-likeness (QED) is 0.701. The van der Waals surface area contributed by atoms with Crippen molar-refractivity contribution in [1.29, 1.82) is 0 Å². The largest absolute Gasteiger partial charge is 0.497 e. The molecule has 1 atom stereocenters. The highest BCUT2D eigenvalue weighted by molar-refractivity contribution is 5.95. The first-order valence-electron chi connectivity index (χ1n) is 9.17. The maximum Gasteiger partial charge on any atom is 0.254 e. The Balaban J connectivity index is 1.70. The van der Waals surface area contributed by atoms with Crippen LogP contribution in [-0.2, 0) is 13.6 Å². The molecule has 0 N–H and O–H groups in total. The zero-order chi connectivity index (χ0) is 19.7. The van der Waals surface area contributed by atoms with Crippen molar-refractivity contribution in [3.63, 3.8) is 0 Å². The molecule has 0 spiro atoms. The summed E-state index contributed by atoms with van der Waals surface area (Å²) in [7, 11) is 5.07. The van der Waals surface area contributed by atoms with E-state index in [9.17, 15) is 4.79 Å². The highest BCUT2D eigenvalue weighted by atomic mass is 16.5. The second-order valence-electron chi connectivity index (χ2n) is 6.99. The minimum Gasteiger partial charge on any atom is -0.497 e. The highest BCUT2D eigenvalue weighted by Crippen LogP contribution is 2.34. The normalized spacial score (nSPS) is 15.8. The molecule has 6 nitrogen and oxygen atoms in total. The Labute approximate surface area is 164 Å². The summed E-state index contributed by atoms with van der Waals surface area (Å²) in [5.41, 5.74) is 4.07. The third-order valence-electron chi connectivity index (χ3n) is 5.21. The van der Waals surface area contributed by atoms with Crippen molar-refractivity contribution in [1.82, 2.24) is 14.7 Å². The van der Waals surface area contributed by atoms with Crippen LogP contribution < -0.4 is 9.47 Å². The summed E-state index contributed by atoms with van der Waals surface area (Å²) in [6, 6.07) is 13.6. The fraction of sp³-hybridized carbons (Fsp3) is 0.273. The number of rotatable bonds is 4. The van der Waals surface area contributed by atoms with E-state index in [0.717, 1.165) is 11.1 Å². The van der Waals surface area contributed by atoms with E-state index < -0.39 is 0 Å². The molecule has 1 unspecified atom stereocenters. The van der Waals surface area contributed by atoms with Gasteiger partial charge in [-0.25, -0.2) is 0 Å². The van der Waals surface area contributed by atoms with E-state index in [-0.39, 0.29) is 11.8 Å². The van der Waals surface area contributed by atoms with Gasteiger partial charge in [0.2, 0.25) is 0 Å². The molecule has 4 rings (SSSR count). The number of amides is 1. The molecule has 6 heteroatoms. The molecule has 1 aliphatic rings. The van der Waals surface area contributed by atoms with Crippen LogP contribution in [0.2, 0.25) is 0 Å². The van der Waals surface area contributed by atoms with E-state index in [1.54, 1.807) is 37.1 Å². The summed E-state index contributed by atoms with van der Waals surface area (Å²) in [6.07, 6.45) is 3.90. The van der Waals surface area contributed by atoms with E-state index in [0.29, 0.717) is 30.2 Å². The van der Waals surface area contributed by atoms with Crippen LogP contribution in [-0.4, -0.2) is 41.4 Å². The molecule has 1 amide bonds. The molecule has 0 aliphatic carbocycles. The minimum atomic E-state index is -0.0411. The number of hydrogen-bond donors (Lipinski definition) is 0. The molecule has 1 aromatic heterocycles. The Bertz CT molecular complexity index is 990. The van der Waals surface area contributed by atoms with Gasteiger partial charge in [-0.2, -0.15) is 5.10 Å². The number of nitrogens with zero attached hydrogens (tertiary/aromatic N) is 3. The second-order valence-corrected chi connectivity index (χ2v) is 6.99. The number of aromatic nitrogens is 2. The van der Waals surface area contributed by atoms with Gasteiger partial charge in [0.15, 0.2) is 0 Å². The van der Waals surface area contributed by atoms with E-state index in [1.165, 1.54) is 5.56 Å². The third kappa shape index (κ3) is 3.33. The van der Waals surface area contributed by atoms with Crippen LogP contribution in [0.15, 0.2) is 54.9 Å². The number of benzene rings is 2. The fourth-order valence-electron chi connectivity index (χ4n) is 3.78. The van der Waals surface area contributed by atoms with E-state index in [4.69, 9.17) is 9.47 Å². The Morgan fingerprint density at radius 1 is 1.11 bits per heavy atom. The summed E-state index contributed by atoms with van der Waals surface area (Å²) >= 11 is 0. The maximum absolute atomic E-state index is 13.3. The van der Waals surface area contributed by atoms with Crippen molar-refractivity contribution in [2.45, 2.75) is 12.5 Å². The average molecular weight is 377 g/mol. The van der Waals surface area contributed by atoms with E-state index >= 15 is 0 Å². The van der Waals surface area contributed by atoms with Crippen molar-refractivity contribution in [3.05, 3.63) is 77.1 Å². The number of fused-ring (bicyclic) bond motifs is 1. The van der Waals surface area contributed by atoms with Crippen molar-refractivity contribution < 1.29 is 14.3 Å². The standard InChI is InChI=1S/C22H23N3O3/c1-24-12-17(11-23-24)21-14-25(13-15-6-4-5-7-20(15)21)22(26)16-8-18(27-2)10-19(9-16)28-3/h4-12,21H,13-14H2,1-3H3. The van der Waals surface area contributed by atoms with Crippen LogP contribution in [0.1, 0.15) is 33.0 Å². The van der Waals surface area contributed by atoms with Gasteiger partial charge in [0.05, 0.1) is 20.4 Å². The number of methoxy groups -OCH3 is 2. The Morgan fingerprint density at radius 2 is 1.82 bits per heavy atom. The Morgan fingerprint density at radius 3 is 2.46 bits per heavy atom. The maximum atomic E-state index is 13.3. The number of carbonyl (C=O) groups excluding carboxylic acids is 1. The van der Waals surface area contributed by atoms with Gasteiger partial charge in [0.1, 0.15) is 11.5 Å². The summed E-state index contributed by atoms with van der Waals surface area (Å²) in [5.74, 6) is 1.25. The van der Waals surface area contributed by atoms with Gasteiger partial charge in [0, 0.05) is 43.9 Å². The SMILES string of the molecule is COc1cc(OC)cc(C(=O)N2Cc3ccccc3C(c3cnn(C)c3)C2)c1. The summed E-state index contributed by atoms with van der Waals surface area (Å²) in [4.78, 5) is 15.2. The second kappa shape index (κ2) is 7.38. The lowest BCUT2D eigenvalue weighted by Crippen LogP contribution is -2.38. The van der Waals surface area contributed by atoms with Crippen LogP contribution in [0.25, 0.3) is 0 Å². The summed E-state index contributed by atoms with van der Waals surface area (Å²) in [6.45, 7) is 1.17. The van der Waals surface area contributed by atoms with Crippen LogP contribution >= 0.6 is 0 Å². The van der Waals surface area contributed by atoms with Gasteiger partial charge in [-0.05, 0) is 28.8 Å². The van der Waals surface area contributed by atoms with Crippen molar-refractivity contribution in [3.8, 4) is 11.5 Å². The molecular formula is C22H23N3O3. The van der Waals surface area contributed by atoms with Crippen LogP contribution in [0.5, 0.6) is 11.5 Å². The molecule has 1 aliphatic heterocycles. The number of carbonyl (C=O) groups is 1. The molecule has 28 heavy (non-hydrogen) atoms. The first-order valence-corrected chi connectivity index (χ1v) is 9.17. The van der Waals surface area contributed by atoms with Crippen molar-refractivity contribution >= 4 is 5.91 Å². The number of ether oxygens (including phenoxy) is 2. The molecule has 144 valence electrons. The number of hydrogen-bond acceptors (Lipinski definition) is 4. The Hall–Kier alpha value is -3.28. The summed E-state index contributed by atoms with van der Waals surface area (Å²) < 4.78 is 12.4. The van der Waals surface area contributed by atoms with Crippen LogP contribution in [0.3, 0.4) is 0 Å². The predicted octanol–water partition coefficient (Wildman–Crippen LogP) is 3.23. The zero-order valence-electron chi connectivity index (χ0n) is 16.3. The minimum absolute atomic E-state index is 0.0411. The van der Waals surface area contributed by atoms with Crippen LogP contribution in [0, 0.1) is 0 Å². The molecule has 3 aromatic rings. The van der Waals surface area contributed by atoms with Gasteiger partial charge < -0.3 is 14.4 Å².